The molecule has 1 heterocycles. The van der Waals surface area contributed by atoms with Crippen molar-refractivity contribution in [3.63, 3.8) is 0 Å². The van der Waals surface area contributed by atoms with Crippen LogP contribution in [0, 0.1) is 6.92 Å². The van der Waals surface area contributed by atoms with E-state index in [2.05, 4.69) is 15.5 Å². The molecule has 0 atom stereocenters. The van der Waals surface area contributed by atoms with Gasteiger partial charge in [0.2, 0.25) is 5.16 Å². The van der Waals surface area contributed by atoms with Gasteiger partial charge in [0.05, 0.1) is 11.3 Å². The van der Waals surface area contributed by atoms with E-state index in [1.165, 1.54) is 11.8 Å². The normalized spacial score (nSPS) is 10.5. The van der Waals surface area contributed by atoms with Crippen LogP contribution in [0.1, 0.15) is 15.9 Å². The lowest BCUT2D eigenvalue weighted by Crippen LogP contribution is -2.08. The van der Waals surface area contributed by atoms with E-state index in [1.807, 2.05) is 49.4 Å². The molecule has 0 fully saturated rings. The van der Waals surface area contributed by atoms with Gasteiger partial charge in [0, 0.05) is 5.75 Å². The highest BCUT2D eigenvalue weighted by Crippen LogP contribution is 2.20. The summed E-state index contributed by atoms with van der Waals surface area (Å²) in [5, 5.41) is 12.5. The number of esters is 1. The van der Waals surface area contributed by atoms with Crippen molar-refractivity contribution < 1.29 is 9.53 Å². The monoisotopic (exact) mass is 340 g/mol. The first-order valence-corrected chi connectivity index (χ1v) is 8.43. The topological polar surface area (TPSA) is 69.9 Å². The molecule has 0 aliphatic rings. The fraction of sp³-hybridized carbons (Fsp3) is 0.176. The van der Waals surface area contributed by atoms with Gasteiger partial charge in [-0.1, -0.05) is 48.2 Å². The number of ether oxygens (including phenoxy) is 1. The van der Waals surface area contributed by atoms with Crippen LogP contribution in [-0.4, -0.2) is 38.5 Å². The summed E-state index contributed by atoms with van der Waals surface area (Å²) in [6.07, 6.45) is 0. The Kier molecular flexibility index (Phi) is 5.22. The zero-order chi connectivity index (χ0) is 16.8. The Bertz CT molecular complexity index is 820. The molecule has 122 valence electrons. The van der Waals surface area contributed by atoms with Gasteiger partial charge in [0.15, 0.2) is 0 Å². The largest absolute Gasteiger partial charge is 0.461 e. The second kappa shape index (κ2) is 7.74. The number of carbonyl (C=O) groups excluding carboxylic acids is 1. The van der Waals surface area contributed by atoms with Gasteiger partial charge >= 0.3 is 5.97 Å². The van der Waals surface area contributed by atoms with Crippen LogP contribution in [-0.2, 0) is 4.74 Å². The Morgan fingerprint density at radius 1 is 1.12 bits per heavy atom. The first-order chi connectivity index (χ1) is 11.8. The molecule has 0 spiro atoms. The van der Waals surface area contributed by atoms with Gasteiger partial charge < -0.3 is 4.74 Å². The van der Waals surface area contributed by atoms with E-state index < -0.39 is 0 Å². The molecule has 6 nitrogen and oxygen atoms in total. The molecule has 0 radical (unpaired) electrons. The summed E-state index contributed by atoms with van der Waals surface area (Å²) < 4.78 is 6.95. The summed E-state index contributed by atoms with van der Waals surface area (Å²) in [4.78, 5) is 11.9. The molecule has 0 amide bonds. The highest BCUT2D eigenvalue weighted by molar-refractivity contribution is 7.99. The van der Waals surface area contributed by atoms with E-state index in [4.69, 9.17) is 4.74 Å². The molecule has 7 heteroatoms. The first-order valence-electron chi connectivity index (χ1n) is 7.45. The third kappa shape index (κ3) is 3.80. The highest BCUT2D eigenvalue weighted by Gasteiger charge is 2.11. The predicted molar refractivity (Wildman–Crippen MR) is 91.3 cm³/mol. The maximum absolute atomic E-state index is 11.9. The van der Waals surface area contributed by atoms with Crippen LogP contribution in [0.2, 0.25) is 0 Å². The predicted octanol–water partition coefficient (Wildman–Crippen LogP) is 2.92. The number of aromatic nitrogens is 4. The van der Waals surface area contributed by atoms with Crippen molar-refractivity contribution in [2.75, 3.05) is 12.4 Å². The second-order valence-corrected chi connectivity index (χ2v) is 6.07. The standard InChI is InChI=1S/C17H16N4O2S/c1-13-7-5-6-10-15(13)21-17(18-19-20-21)24-12-11-23-16(22)14-8-3-2-4-9-14/h2-10H,11-12H2,1H3. The van der Waals surface area contributed by atoms with E-state index in [0.717, 1.165) is 11.3 Å². The van der Waals surface area contributed by atoms with Crippen LogP contribution in [0.25, 0.3) is 5.69 Å². The van der Waals surface area contributed by atoms with Gasteiger partial charge in [-0.2, -0.15) is 4.68 Å². The number of hydrogen-bond donors (Lipinski definition) is 0. The molecule has 0 saturated carbocycles. The minimum absolute atomic E-state index is 0.291. The van der Waals surface area contributed by atoms with Crippen LogP contribution in [0.4, 0.5) is 0 Å². The van der Waals surface area contributed by atoms with E-state index in [9.17, 15) is 4.79 Å². The van der Waals surface area contributed by atoms with Gasteiger partial charge in [-0.05, 0) is 41.1 Å². The van der Waals surface area contributed by atoms with Crippen molar-refractivity contribution in [2.24, 2.45) is 0 Å². The lowest BCUT2D eigenvalue weighted by atomic mass is 10.2. The van der Waals surface area contributed by atoms with Crippen molar-refractivity contribution in [3.8, 4) is 5.69 Å². The Morgan fingerprint density at radius 3 is 2.67 bits per heavy atom. The third-order valence-electron chi connectivity index (χ3n) is 3.34. The second-order valence-electron chi connectivity index (χ2n) is 5.01. The van der Waals surface area contributed by atoms with E-state index in [-0.39, 0.29) is 5.97 Å². The zero-order valence-corrected chi connectivity index (χ0v) is 13.9. The molecule has 0 bridgehead atoms. The number of tetrazole rings is 1. The van der Waals surface area contributed by atoms with Gasteiger partial charge in [-0.15, -0.1) is 5.10 Å². The van der Waals surface area contributed by atoms with Crippen molar-refractivity contribution in [1.29, 1.82) is 0 Å². The molecule has 0 unspecified atom stereocenters. The van der Waals surface area contributed by atoms with Crippen LogP contribution >= 0.6 is 11.8 Å². The molecule has 24 heavy (non-hydrogen) atoms. The summed E-state index contributed by atoms with van der Waals surface area (Å²) in [5.74, 6) is 0.250. The van der Waals surface area contributed by atoms with Gasteiger partial charge in [-0.3, -0.25) is 0 Å². The van der Waals surface area contributed by atoms with E-state index in [0.29, 0.717) is 23.1 Å². The SMILES string of the molecule is Cc1ccccc1-n1nnnc1SCCOC(=O)c1ccccc1. The fourth-order valence-electron chi connectivity index (χ4n) is 2.15. The molecule has 0 saturated heterocycles. The number of aryl methyl sites for hydroxylation is 1. The first kappa shape index (κ1) is 16.2. The van der Waals surface area contributed by atoms with Crippen molar-refractivity contribution in [3.05, 3.63) is 65.7 Å². The molecule has 1 aromatic heterocycles. The van der Waals surface area contributed by atoms with Crippen molar-refractivity contribution in [2.45, 2.75) is 12.1 Å². The minimum Gasteiger partial charge on any atom is -0.461 e. The molecule has 0 N–H and O–H groups in total. The van der Waals surface area contributed by atoms with Gasteiger partial charge in [-0.25, -0.2) is 4.79 Å². The highest BCUT2D eigenvalue weighted by atomic mass is 32.2. The average molecular weight is 340 g/mol. The molecule has 0 aliphatic carbocycles. The lowest BCUT2D eigenvalue weighted by Gasteiger charge is -2.07. The van der Waals surface area contributed by atoms with Gasteiger partial charge in [0.25, 0.3) is 0 Å². The maximum Gasteiger partial charge on any atom is 0.338 e. The average Bonchev–Trinajstić information content (AvgIpc) is 3.08. The minimum atomic E-state index is -0.324. The molecule has 3 rings (SSSR count). The number of hydrogen-bond acceptors (Lipinski definition) is 6. The molecule has 2 aromatic carbocycles. The van der Waals surface area contributed by atoms with Crippen LogP contribution in [0.5, 0.6) is 0 Å². The summed E-state index contributed by atoms with van der Waals surface area (Å²) in [5.41, 5.74) is 2.57. The maximum atomic E-state index is 11.9. The number of benzene rings is 2. The molecular weight excluding hydrogens is 324 g/mol. The smallest absolute Gasteiger partial charge is 0.338 e. The number of para-hydroxylation sites is 1. The van der Waals surface area contributed by atoms with Crippen molar-refractivity contribution in [1.82, 2.24) is 20.2 Å². The molecular formula is C17H16N4O2S. The molecule has 3 aromatic rings. The Hall–Kier alpha value is -2.67. The summed E-state index contributed by atoms with van der Waals surface area (Å²) in [7, 11) is 0. The van der Waals surface area contributed by atoms with Crippen LogP contribution < -0.4 is 0 Å². The Balaban J connectivity index is 1.56. The van der Waals surface area contributed by atoms with Crippen LogP contribution in [0.15, 0.2) is 59.8 Å². The number of carbonyl (C=O) groups is 1. The number of rotatable bonds is 6. The quantitative estimate of drug-likeness (QED) is 0.390. The number of thioether (sulfide) groups is 1. The summed E-state index contributed by atoms with van der Waals surface area (Å²) in [6.45, 7) is 2.30. The van der Waals surface area contributed by atoms with Crippen molar-refractivity contribution >= 4 is 17.7 Å². The third-order valence-corrected chi connectivity index (χ3v) is 4.23. The fourth-order valence-corrected chi connectivity index (χ4v) is 2.85. The lowest BCUT2D eigenvalue weighted by molar-refractivity contribution is 0.0530. The number of nitrogens with zero attached hydrogens (tertiary/aromatic N) is 4. The zero-order valence-electron chi connectivity index (χ0n) is 13.1. The summed E-state index contributed by atoms with van der Waals surface area (Å²) >= 11 is 1.44. The van der Waals surface area contributed by atoms with Gasteiger partial charge in [0.1, 0.15) is 6.61 Å². The Morgan fingerprint density at radius 2 is 1.88 bits per heavy atom. The van der Waals surface area contributed by atoms with Crippen LogP contribution in [0.3, 0.4) is 0 Å². The Labute approximate surface area is 143 Å². The molecule has 0 aliphatic heterocycles. The summed E-state index contributed by atoms with van der Waals surface area (Å²) in [6, 6.07) is 16.8. The van der Waals surface area contributed by atoms with E-state index in [1.54, 1.807) is 16.8 Å². The van der Waals surface area contributed by atoms with E-state index >= 15 is 0 Å².